The molecule has 0 amide bonds. The van der Waals surface area contributed by atoms with Gasteiger partial charge in [-0.05, 0) is 19.1 Å². The second-order valence-electron chi connectivity index (χ2n) is 1.86. The minimum Gasteiger partial charge on any atom is -0.278 e. The van der Waals surface area contributed by atoms with Crippen molar-refractivity contribution in [1.29, 1.82) is 0 Å². The van der Waals surface area contributed by atoms with E-state index in [1.54, 1.807) is 6.08 Å². The maximum atomic E-state index is 4.19. The Bertz CT molecular complexity index is 154. The highest BCUT2D eigenvalue weighted by Crippen LogP contribution is 2.02. The standard InChI is InChI=1S/C7H9N/c1-3-7-5-4-6(2)8-7/h3-6H,1H2,2H3. The molecule has 1 unspecified atom stereocenters. The van der Waals surface area contributed by atoms with Gasteiger partial charge < -0.3 is 0 Å². The third-order valence-electron chi connectivity index (χ3n) is 1.11. The van der Waals surface area contributed by atoms with Crippen LogP contribution < -0.4 is 0 Å². The Morgan fingerprint density at radius 1 is 1.88 bits per heavy atom. The summed E-state index contributed by atoms with van der Waals surface area (Å²) in [6.45, 7) is 5.64. The van der Waals surface area contributed by atoms with Crippen LogP contribution in [-0.2, 0) is 0 Å². The van der Waals surface area contributed by atoms with Gasteiger partial charge in [-0.3, -0.25) is 4.99 Å². The van der Waals surface area contributed by atoms with E-state index in [0.717, 1.165) is 5.71 Å². The zero-order valence-corrected chi connectivity index (χ0v) is 4.96. The number of allylic oxidation sites excluding steroid dienone is 2. The van der Waals surface area contributed by atoms with Crippen molar-refractivity contribution in [1.82, 2.24) is 0 Å². The molecule has 0 aliphatic carbocycles. The molecule has 0 saturated heterocycles. The Morgan fingerprint density at radius 2 is 2.62 bits per heavy atom. The summed E-state index contributed by atoms with van der Waals surface area (Å²) in [4.78, 5) is 4.19. The number of nitrogens with zero attached hydrogens (tertiary/aromatic N) is 1. The molecule has 42 valence electrons. The first kappa shape index (κ1) is 5.29. The topological polar surface area (TPSA) is 12.4 Å². The molecule has 0 aromatic heterocycles. The van der Waals surface area contributed by atoms with Gasteiger partial charge in [0.15, 0.2) is 0 Å². The maximum Gasteiger partial charge on any atom is 0.0662 e. The van der Waals surface area contributed by atoms with Crippen LogP contribution in [0.4, 0.5) is 0 Å². The first-order valence-corrected chi connectivity index (χ1v) is 2.71. The lowest BCUT2D eigenvalue weighted by Crippen LogP contribution is -1.86. The van der Waals surface area contributed by atoms with Crippen LogP contribution in [0, 0.1) is 0 Å². The van der Waals surface area contributed by atoms with Crippen molar-refractivity contribution in [2.24, 2.45) is 4.99 Å². The van der Waals surface area contributed by atoms with Crippen molar-refractivity contribution in [2.45, 2.75) is 13.0 Å². The van der Waals surface area contributed by atoms with E-state index in [9.17, 15) is 0 Å². The van der Waals surface area contributed by atoms with Gasteiger partial charge in [-0.2, -0.15) is 0 Å². The fourth-order valence-electron chi connectivity index (χ4n) is 0.680. The van der Waals surface area contributed by atoms with E-state index in [1.807, 2.05) is 13.0 Å². The molecule has 0 spiro atoms. The van der Waals surface area contributed by atoms with Gasteiger partial charge in [0.1, 0.15) is 0 Å². The van der Waals surface area contributed by atoms with E-state index >= 15 is 0 Å². The highest BCUT2D eigenvalue weighted by atomic mass is 14.8. The van der Waals surface area contributed by atoms with Crippen LogP contribution in [0.3, 0.4) is 0 Å². The second-order valence-corrected chi connectivity index (χ2v) is 1.86. The molecular formula is C7H9N. The predicted octanol–water partition coefficient (Wildman–Crippen LogP) is 1.57. The Labute approximate surface area is 49.4 Å². The normalized spacial score (nSPS) is 25.6. The summed E-state index contributed by atoms with van der Waals surface area (Å²) in [5.74, 6) is 0. The largest absolute Gasteiger partial charge is 0.278 e. The molecule has 8 heavy (non-hydrogen) atoms. The Hall–Kier alpha value is -0.850. The van der Waals surface area contributed by atoms with Crippen LogP contribution in [0.15, 0.2) is 29.8 Å². The van der Waals surface area contributed by atoms with Gasteiger partial charge in [0.25, 0.3) is 0 Å². The van der Waals surface area contributed by atoms with Gasteiger partial charge >= 0.3 is 0 Å². The Morgan fingerprint density at radius 3 is 2.88 bits per heavy atom. The lowest BCUT2D eigenvalue weighted by Gasteiger charge is -1.87. The summed E-state index contributed by atoms with van der Waals surface area (Å²) < 4.78 is 0. The van der Waals surface area contributed by atoms with Gasteiger partial charge in [-0.25, -0.2) is 0 Å². The lowest BCUT2D eigenvalue weighted by molar-refractivity contribution is 0.948. The maximum absolute atomic E-state index is 4.19. The summed E-state index contributed by atoms with van der Waals surface area (Å²) in [7, 11) is 0. The van der Waals surface area contributed by atoms with Crippen LogP contribution in [0.25, 0.3) is 0 Å². The van der Waals surface area contributed by atoms with E-state index in [0.29, 0.717) is 6.04 Å². The zero-order chi connectivity index (χ0) is 5.98. The lowest BCUT2D eigenvalue weighted by atomic mass is 10.3. The van der Waals surface area contributed by atoms with E-state index in [-0.39, 0.29) is 0 Å². The predicted molar refractivity (Wildman–Crippen MR) is 36.2 cm³/mol. The van der Waals surface area contributed by atoms with Crippen LogP contribution >= 0.6 is 0 Å². The fraction of sp³-hybridized carbons (Fsp3) is 0.286. The first-order chi connectivity index (χ1) is 3.83. The van der Waals surface area contributed by atoms with Crippen molar-refractivity contribution in [2.75, 3.05) is 0 Å². The molecule has 1 heterocycles. The molecule has 1 rings (SSSR count). The molecule has 1 aliphatic rings. The molecule has 0 saturated carbocycles. The van der Waals surface area contributed by atoms with E-state index in [4.69, 9.17) is 0 Å². The van der Waals surface area contributed by atoms with Crippen LogP contribution in [-0.4, -0.2) is 11.8 Å². The van der Waals surface area contributed by atoms with E-state index < -0.39 is 0 Å². The second kappa shape index (κ2) is 1.95. The zero-order valence-electron chi connectivity index (χ0n) is 4.96. The van der Waals surface area contributed by atoms with E-state index in [2.05, 4.69) is 17.6 Å². The average molecular weight is 107 g/mol. The van der Waals surface area contributed by atoms with Crippen molar-refractivity contribution in [3.63, 3.8) is 0 Å². The minimum atomic E-state index is 0.364. The number of hydrogen-bond acceptors (Lipinski definition) is 1. The first-order valence-electron chi connectivity index (χ1n) is 2.71. The molecule has 1 aliphatic heterocycles. The average Bonchev–Trinajstić information content (AvgIpc) is 2.14. The SMILES string of the molecule is C=CC1=NC(C)C=C1. The molecule has 0 fully saturated rings. The van der Waals surface area contributed by atoms with Gasteiger partial charge in [0, 0.05) is 0 Å². The highest BCUT2D eigenvalue weighted by Gasteiger charge is 1.99. The van der Waals surface area contributed by atoms with Gasteiger partial charge in [-0.15, -0.1) is 0 Å². The van der Waals surface area contributed by atoms with Gasteiger partial charge in [0.2, 0.25) is 0 Å². The third-order valence-corrected chi connectivity index (χ3v) is 1.11. The molecule has 1 nitrogen and oxygen atoms in total. The molecule has 0 bridgehead atoms. The van der Waals surface area contributed by atoms with Crippen molar-refractivity contribution in [3.05, 3.63) is 24.8 Å². The third kappa shape index (κ3) is 0.861. The number of hydrogen-bond donors (Lipinski definition) is 0. The van der Waals surface area contributed by atoms with Gasteiger partial charge in [-0.1, -0.05) is 12.7 Å². The summed E-state index contributed by atoms with van der Waals surface area (Å²) in [6, 6.07) is 0.364. The fourth-order valence-corrected chi connectivity index (χ4v) is 0.680. The molecular weight excluding hydrogens is 98.1 g/mol. The van der Waals surface area contributed by atoms with Crippen LogP contribution in [0.1, 0.15) is 6.92 Å². The molecule has 0 radical (unpaired) electrons. The summed E-state index contributed by atoms with van der Waals surface area (Å²) >= 11 is 0. The number of rotatable bonds is 1. The van der Waals surface area contributed by atoms with Gasteiger partial charge in [0.05, 0.1) is 11.8 Å². The smallest absolute Gasteiger partial charge is 0.0662 e. The van der Waals surface area contributed by atoms with Crippen LogP contribution in [0.5, 0.6) is 0 Å². The highest BCUT2D eigenvalue weighted by molar-refractivity contribution is 6.05. The van der Waals surface area contributed by atoms with Crippen molar-refractivity contribution < 1.29 is 0 Å². The van der Waals surface area contributed by atoms with E-state index in [1.165, 1.54) is 0 Å². The Kier molecular flexibility index (Phi) is 1.29. The van der Waals surface area contributed by atoms with Crippen LogP contribution in [0.2, 0.25) is 0 Å². The number of aliphatic imine (C=N–C) groups is 1. The molecule has 0 aromatic carbocycles. The molecule has 1 atom stereocenters. The Balaban J connectivity index is 2.72. The summed E-state index contributed by atoms with van der Waals surface area (Å²) in [5, 5.41) is 0. The summed E-state index contributed by atoms with van der Waals surface area (Å²) in [5.41, 5.74) is 0.998. The van der Waals surface area contributed by atoms with Crippen molar-refractivity contribution >= 4 is 5.71 Å². The summed E-state index contributed by atoms with van der Waals surface area (Å²) in [6.07, 6.45) is 5.80. The molecule has 0 N–H and O–H groups in total. The minimum absolute atomic E-state index is 0.364. The van der Waals surface area contributed by atoms with Crippen molar-refractivity contribution in [3.8, 4) is 0 Å². The molecule has 1 heteroatoms. The monoisotopic (exact) mass is 107 g/mol. The molecule has 0 aromatic rings. The quantitative estimate of drug-likeness (QED) is 0.482.